The summed E-state index contributed by atoms with van der Waals surface area (Å²) in [6.07, 6.45) is 5.70. The van der Waals surface area contributed by atoms with Crippen molar-refractivity contribution in [2.75, 3.05) is 33.6 Å². The summed E-state index contributed by atoms with van der Waals surface area (Å²) in [5, 5.41) is 3.45. The van der Waals surface area contributed by atoms with Crippen LogP contribution >= 0.6 is 11.8 Å². The molecule has 1 rings (SSSR count). The van der Waals surface area contributed by atoms with Crippen LogP contribution in [-0.2, 0) is 4.74 Å². The molecule has 0 aromatic carbocycles. The number of amides is 2. The van der Waals surface area contributed by atoms with E-state index in [1.807, 2.05) is 23.7 Å². The largest absolute Gasteiger partial charge is 0.383 e. The van der Waals surface area contributed by atoms with Crippen LogP contribution in [0.2, 0.25) is 0 Å². The van der Waals surface area contributed by atoms with Gasteiger partial charge in [0, 0.05) is 32.0 Å². The SMILES string of the molecule is COCCNC(=O)N(C)[C@@H]1CCC[C@H]1SC. The Morgan fingerprint density at radius 1 is 1.56 bits per heavy atom. The maximum absolute atomic E-state index is 11.8. The first-order chi connectivity index (χ1) is 7.70. The van der Waals surface area contributed by atoms with Gasteiger partial charge in [-0.05, 0) is 19.1 Å². The predicted molar refractivity (Wildman–Crippen MR) is 68.0 cm³/mol. The molecule has 0 aliphatic heterocycles. The van der Waals surface area contributed by atoms with E-state index in [-0.39, 0.29) is 6.03 Å². The zero-order valence-corrected chi connectivity index (χ0v) is 11.2. The smallest absolute Gasteiger partial charge is 0.317 e. The third-order valence-electron chi connectivity index (χ3n) is 3.12. The molecule has 0 saturated heterocycles. The fourth-order valence-electron chi connectivity index (χ4n) is 2.16. The molecule has 5 heteroatoms. The van der Waals surface area contributed by atoms with E-state index in [0.29, 0.717) is 24.4 Å². The molecule has 2 atom stereocenters. The number of carbonyl (C=O) groups excluding carboxylic acids is 1. The summed E-state index contributed by atoms with van der Waals surface area (Å²) >= 11 is 1.87. The summed E-state index contributed by atoms with van der Waals surface area (Å²) in [6, 6.07) is 0.403. The quantitative estimate of drug-likeness (QED) is 0.749. The highest BCUT2D eigenvalue weighted by atomic mass is 32.2. The van der Waals surface area contributed by atoms with Crippen LogP contribution < -0.4 is 5.32 Å². The number of urea groups is 1. The summed E-state index contributed by atoms with van der Waals surface area (Å²) < 4.78 is 4.90. The maximum atomic E-state index is 11.8. The molecular weight excluding hydrogens is 224 g/mol. The van der Waals surface area contributed by atoms with E-state index in [1.165, 1.54) is 12.8 Å². The Balaban J connectivity index is 2.37. The third kappa shape index (κ3) is 3.56. The van der Waals surface area contributed by atoms with Crippen molar-refractivity contribution >= 4 is 17.8 Å². The zero-order chi connectivity index (χ0) is 12.0. The van der Waals surface area contributed by atoms with Crippen molar-refractivity contribution in [3.63, 3.8) is 0 Å². The molecule has 0 aromatic rings. The first kappa shape index (κ1) is 13.6. The molecule has 0 spiro atoms. The van der Waals surface area contributed by atoms with Crippen molar-refractivity contribution in [1.82, 2.24) is 10.2 Å². The standard InChI is InChI=1S/C11H22N2O2S/c1-13(11(14)12-7-8-15-2)9-5-4-6-10(9)16-3/h9-10H,4-8H2,1-3H3,(H,12,14)/t9-,10-/m1/s1. The minimum atomic E-state index is 0.0167. The van der Waals surface area contributed by atoms with Gasteiger partial charge in [-0.3, -0.25) is 0 Å². The predicted octanol–water partition coefficient (Wildman–Crippen LogP) is 1.56. The lowest BCUT2D eigenvalue weighted by Gasteiger charge is -2.29. The fraction of sp³-hybridized carbons (Fsp3) is 0.909. The van der Waals surface area contributed by atoms with Gasteiger partial charge in [0.25, 0.3) is 0 Å². The Hall–Kier alpha value is -0.420. The number of hydrogen-bond acceptors (Lipinski definition) is 3. The highest BCUT2D eigenvalue weighted by molar-refractivity contribution is 7.99. The topological polar surface area (TPSA) is 41.6 Å². The first-order valence-corrected chi connectivity index (χ1v) is 7.02. The Morgan fingerprint density at radius 2 is 2.31 bits per heavy atom. The molecule has 0 radical (unpaired) electrons. The van der Waals surface area contributed by atoms with Crippen LogP contribution in [0.5, 0.6) is 0 Å². The van der Waals surface area contributed by atoms with Crippen LogP contribution in [-0.4, -0.2) is 55.8 Å². The normalized spacial score (nSPS) is 24.4. The van der Waals surface area contributed by atoms with E-state index in [1.54, 1.807) is 7.11 Å². The zero-order valence-electron chi connectivity index (χ0n) is 10.4. The monoisotopic (exact) mass is 246 g/mol. The Labute approximate surface area is 102 Å². The van der Waals surface area contributed by atoms with E-state index in [0.717, 1.165) is 6.42 Å². The lowest BCUT2D eigenvalue weighted by molar-refractivity contribution is 0.176. The van der Waals surface area contributed by atoms with Gasteiger partial charge in [0.15, 0.2) is 0 Å². The van der Waals surface area contributed by atoms with Crippen molar-refractivity contribution in [3.8, 4) is 0 Å². The van der Waals surface area contributed by atoms with E-state index in [4.69, 9.17) is 4.74 Å². The van der Waals surface area contributed by atoms with Gasteiger partial charge >= 0.3 is 6.03 Å². The van der Waals surface area contributed by atoms with Crippen molar-refractivity contribution in [2.24, 2.45) is 0 Å². The summed E-state index contributed by atoms with van der Waals surface area (Å²) in [5.74, 6) is 0. The number of nitrogens with one attached hydrogen (secondary N) is 1. The number of nitrogens with zero attached hydrogens (tertiary/aromatic N) is 1. The molecule has 16 heavy (non-hydrogen) atoms. The average molecular weight is 246 g/mol. The summed E-state index contributed by atoms with van der Waals surface area (Å²) in [7, 11) is 3.53. The van der Waals surface area contributed by atoms with E-state index in [2.05, 4.69) is 11.6 Å². The van der Waals surface area contributed by atoms with Gasteiger partial charge in [0.1, 0.15) is 0 Å². The molecule has 0 bridgehead atoms. The second kappa shape index (κ2) is 7.01. The van der Waals surface area contributed by atoms with Crippen LogP contribution in [0.15, 0.2) is 0 Å². The molecule has 0 unspecified atom stereocenters. The molecular formula is C11H22N2O2S. The van der Waals surface area contributed by atoms with Crippen LogP contribution in [0.3, 0.4) is 0 Å². The molecule has 0 aromatic heterocycles. The second-order valence-electron chi connectivity index (χ2n) is 4.11. The van der Waals surface area contributed by atoms with Gasteiger partial charge in [-0.1, -0.05) is 6.42 Å². The van der Waals surface area contributed by atoms with Gasteiger partial charge in [-0.2, -0.15) is 11.8 Å². The average Bonchev–Trinajstić information content (AvgIpc) is 2.76. The molecule has 1 aliphatic rings. The lowest BCUT2D eigenvalue weighted by Crippen LogP contribution is -2.46. The van der Waals surface area contributed by atoms with Crippen LogP contribution in [0.4, 0.5) is 4.79 Å². The Bertz CT molecular complexity index is 226. The highest BCUT2D eigenvalue weighted by Gasteiger charge is 2.31. The van der Waals surface area contributed by atoms with E-state index < -0.39 is 0 Å². The third-order valence-corrected chi connectivity index (χ3v) is 4.28. The van der Waals surface area contributed by atoms with Crippen molar-refractivity contribution < 1.29 is 9.53 Å². The minimum absolute atomic E-state index is 0.0167. The minimum Gasteiger partial charge on any atom is -0.383 e. The molecule has 1 aliphatic carbocycles. The molecule has 1 saturated carbocycles. The summed E-state index contributed by atoms with van der Waals surface area (Å²) in [5.41, 5.74) is 0. The van der Waals surface area contributed by atoms with Gasteiger partial charge in [0.2, 0.25) is 0 Å². The Kier molecular flexibility index (Phi) is 5.98. The Morgan fingerprint density at radius 3 is 2.94 bits per heavy atom. The van der Waals surface area contributed by atoms with Crippen molar-refractivity contribution in [1.29, 1.82) is 0 Å². The highest BCUT2D eigenvalue weighted by Crippen LogP contribution is 2.31. The maximum Gasteiger partial charge on any atom is 0.317 e. The number of ether oxygens (including phenoxy) is 1. The van der Waals surface area contributed by atoms with E-state index >= 15 is 0 Å². The number of rotatable bonds is 5. The van der Waals surface area contributed by atoms with Gasteiger partial charge < -0.3 is 15.0 Å². The molecule has 94 valence electrons. The number of methoxy groups -OCH3 is 1. The molecule has 0 heterocycles. The number of hydrogen-bond donors (Lipinski definition) is 1. The van der Waals surface area contributed by atoms with Crippen LogP contribution in [0, 0.1) is 0 Å². The summed E-state index contributed by atoms with van der Waals surface area (Å²) in [6.45, 7) is 1.15. The second-order valence-corrected chi connectivity index (χ2v) is 5.18. The van der Waals surface area contributed by atoms with Crippen molar-refractivity contribution in [3.05, 3.63) is 0 Å². The summed E-state index contributed by atoms with van der Waals surface area (Å²) in [4.78, 5) is 13.7. The van der Waals surface area contributed by atoms with Crippen molar-refractivity contribution in [2.45, 2.75) is 30.6 Å². The lowest BCUT2D eigenvalue weighted by atomic mass is 10.2. The van der Waals surface area contributed by atoms with Crippen LogP contribution in [0.25, 0.3) is 0 Å². The molecule has 2 amide bonds. The molecule has 1 fully saturated rings. The van der Waals surface area contributed by atoms with Gasteiger partial charge in [0.05, 0.1) is 6.61 Å². The van der Waals surface area contributed by atoms with Gasteiger partial charge in [-0.15, -0.1) is 0 Å². The molecule has 1 N–H and O–H groups in total. The number of thioether (sulfide) groups is 1. The fourth-order valence-corrected chi connectivity index (χ4v) is 3.19. The van der Waals surface area contributed by atoms with Crippen LogP contribution in [0.1, 0.15) is 19.3 Å². The van der Waals surface area contributed by atoms with Gasteiger partial charge in [-0.25, -0.2) is 4.79 Å². The van der Waals surface area contributed by atoms with E-state index in [9.17, 15) is 4.79 Å². The first-order valence-electron chi connectivity index (χ1n) is 5.73. The number of carbonyl (C=O) groups is 1. The molecule has 4 nitrogen and oxygen atoms in total.